The van der Waals surface area contributed by atoms with Crippen LogP contribution in [0.1, 0.15) is 36.0 Å². The predicted octanol–water partition coefficient (Wildman–Crippen LogP) is 4.08. The van der Waals surface area contributed by atoms with Gasteiger partial charge in [-0.15, -0.1) is 0 Å². The second-order valence-corrected chi connectivity index (χ2v) is 5.87. The lowest BCUT2D eigenvalue weighted by Crippen LogP contribution is -2.44. The molecule has 2 aromatic rings. The lowest BCUT2D eigenvalue weighted by Gasteiger charge is -2.28. The number of benzene rings is 1. The highest BCUT2D eigenvalue weighted by molar-refractivity contribution is 5.22. The number of aliphatic hydroxyl groups is 1. The van der Waals surface area contributed by atoms with Gasteiger partial charge >= 0.3 is 6.18 Å². The summed E-state index contributed by atoms with van der Waals surface area (Å²) < 4.78 is 44.9. The average molecular weight is 341 g/mol. The molecular weight excluding hydrogens is 319 g/mol. The highest BCUT2D eigenvalue weighted by Crippen LogP contribution is 2.42. The summed E-state index contributed by atoms with van der Waals surface area (Å²) in [6, 6.07) is 10.5. The molecule has 3 nitrogen and oxygen atoms in total. The molecule has 0 saturated heterocycles. The molecule has 0 bridgehead atoms. The van der Waals surface area contributed by atoms with E-state index in [0.717, 1.165) is 12.0 Å². The monoisotopic (exact) mass is 341 g/mol. The van der Waals surface area contributed by atoms with Crippen LogP contribution in [0.25, 0.3) is 0 Å². The Balaban J connectivity index is 1.96. The van der Waals surface area contributed by atoms with E-state index in [1.807, 2.05) is 24.3 Å². The Hall–Kier alpha value is -1.79. The van der Waals surface area contributed by atoms with Gasteiger partial charge in [-0.1, -0.05) is 31.2 Å². The largest absolute Gasteiger partial charge is 0.463 e. The Labute approximate surface area is 139 Å². The molecular formula is C18H22F3NO2. The number of nitrogens with one attached hydrogen (secondary N) is 1. The van der Waals surface area contributed by atoms with Crippen LogP contribution in [0, 0.1) is 6.92 Å². The summed E-state index contributed by atoms with van der Waals surface area (Å²) in [4.78, 5) is 0. The highest BCUT2D eigenvalue weighted by Gasteiger charge is 2.56. The van der Waals surface area contributed by atoms with Crippen molar-refractivity contribution >= 4 is 0 Å². The number of furan rings is 1. The number of alkyl halides is 3. The number of hydrogen-bond donors (Lipinski definition) is 2. The first-order valence-corrected chi connectivity index (χ1v) is 7.91. The highest BCUT2D eigenvalue weighted by atomic mass is 19.4. The van der Waals surface area contributed by atoms with Gasteiger partial charge < -0.3 is 14.8 Å². The van der Waals surface area contributed by atoms with Crippen LogP contribution in [0.3, 0.4) is 0 Å². The molecule has 1 aromatic heterocycles. The molecule has 1 aromatic carbocycles. The fraction of sp³-hybridized carbons (Fsp3) is 0.444. The third kappa shape index (κ3) is 4.19. The average Bonchev–Trinajstić information content (AvgIpc) is 2.98. The van der Waals surface area contributed by atoms with Crippen molar-refractivity contribution in [2.45, 2.75) is 45.0 Å². The van der Waals surface area contributed by atoms with Gasteiger partial charge in [0.15, 0.2) is 0 Å². The minimum Gasteiger partial charge on any atom is -0.463 e. The Morgan fingerprint density at radius 3 is 2.17 bits per heavy atom. The van der Waals surface area contributed by atoms with Crippen molar-refractivity contribution in [3.05, 3.63) is 59.0 Å². The molecule has 0 amide bonds. The minimum atomic E-state index is -4.80. The van der Waals surface area contributed by atoms with Gasteiger partial charge in [0.1, 0.15) is 11.5 Å². The molecule has 2 rings (SSSR count). The Kier molecular flexibility index (Phi) is 5.72. The fourth-order valence-corrected chi connectivity index (χ4v) is 2.46. The lowest BCUT2D eigenvalue weighted by molar-refractivity contribution is -0.274. The van der Waals surface area contributed by atoms with Crippen molar-refractivity contribution in [2.75, 3.05) is 6.54 Å². The molecule has 2 N–H and O–H groups in total. The van der Waals surface area contributed by atoms with E-state index in [1.165, 1.54) is 17.7 Å². The maximum Gasteiger partial charge on any atom is 0.424 e. The van der Waals surface area contributed by atoms with E-state index in [4.69, 9.17) is 4.42 Å². The SMILES string of the molecule is CCc1ccc(CNCCC(O)(c2ccc(C)o2)C(F)(F)F)cc1. The van der Waals surface area contributed by atoms with Gasteiger partial charge in [0.05, 0.1) is 0 Å². The van der Waals surface area contributed by atoms with E-state index >= 15 is 0 Å². The molecule has 1 atom stereocenters. The molecule has 0 aliphatic carbocycles. The second-order valence-electron chi connectivity index (χ2n) is 5.87. The molecule has 1 heterocycles. The van der Waals surface area contributed by atoms with E-state index in [1.54, 1.807) is 6.92 Å². The zero-order chi connectivity index (χ0) is 17.8. The third-order valence-electron chi connectivity index (χ3n) is 4.04. The van der Waals surface area contributed by atoms with Crippen molar-refractivity contribution in [3.8, 4) is 0 Å². The first-order chi connectivity index (χ1) is 11.3. The number of rotatable bonds is 7. The van der Waals surface area contributed by atoms with Gasteiger partial charge in [-0.05, 0) is 43.1 Å². The van der Waals surface area contributed by atoms with Crippen LogP contribution < -0.4 is 5.32 Å². The first-order valence-electron chi connectivity index (χ1n) is 7.91. The van der Waals surface area contributed by atoms with Gasteiger partial charge in [-0.3, -0.25) is 0 Å². The third-order valence-corrected chi connectivity index (χ3v) is 4.04. The number of aryl methyl sites for hydroxylation is 2. The topological polar surface area (TPSA) is 45.4 Å². The molecule has 132 valence electrons. The predicted molar refractivity (Wildman–Crippen MR) is 85.5 cm³/mol. The van der Waals surface area contributed by atoms with Crippen LogP contribution in [-0.4, -0.2) is 17.8 Å². The zero-order valence-electron chi connectivity index (χ0n) is 13.8. The summed E-state index contributed by atoms with van der Waals surface area (Å²) in [6.45, 7) is 4.04. The van der Waals surface area contributed by atoms with E-state index in [0.29, 0.717) is 12.3 Å². The summed E-state index contributed by atoms with van der Waals surface area (Å²) in [7, 11) is 0. The van der Waals surface area contributed by atoms with Crippen LogP contribution in [-0.2, 0) is 18.6 Å². The standard InChI is InChI=1S/C18H22F3NO2/c1-3-14-5-7-15(8-6-14)12-22-11-10-17(23,18(19,20)21)16-9-4-13(2)24-16/h4-9,22-23H,3,10-12H2,1-2H3. The van der Waals surface area contributed by atoms with Crippen molar-refractivity contribution < 1.29 is 22.7 Å². The van der Waals surface area contributed by atoms with Crippen LogP contribution in [0.2, 0.25) is 0 Å². The molecule has 6 heteroatoms. The first kappa shape index (κ1) is 18.5. The molecule has 0 aliphatic rings. The lowest BCUT2D eigenvalue weighted by atomic mass is 9.95. The summed E-state index contributed by atoms with van der Waals surface area (Å²) in [5.41, 5.74) is -0.796. The van der Waals surface area contributed by atoms with Crippen molar-refractivity contribution in [3.63, 3.8) is 0 Å². The van der Waals surface area contributed by atoms with Gasteiger partial charge in [0.2, 0.25) is 5.60 Å². The Morgan fingerprint density at radius 1 is 1.04 bits per heavy atom. The summed E-state index contributed by atoms with van der Waals surface area (Å²) in [5.74, 6) is -0.141. The number of halogens is 3. The van der Waals surface area contributed by atoms with E-state index in [2.05, 4.69) is 12.2 Å². The summed E-state index contributed by atoms with van der Waals surface area (Å²) in [5, 5.41) is 13.1. The molecule has 24 heavy (non-hydrogen) atoms. The van der Waals surface area contributed by atoms with Crippen LogP contribution in [0.5, 0.6) is 0 Å². The second kappa shape index (κ2) is 7.40. The van der Waals surface area contributed by atoms with E-state index < -0.39 is 24.0 Å². The van der Waals surface area contributed by atoms with Gasteiger partial charge in [0.25, 0.3) is 0 Å². The summed E-state index contributed by atoms with van der Waals surface area (Å²) >= 11 is 0. The van der Waals surface area contributed by atoms with Gasteiger partial charge in [-0.25, -0.2) is 0 Å². The smallest absolute Gasteiger partial charge is 0.424 e. The minimum absolute atomic E-state index is 0.00524. The molecule has 1 unspecified atom stereocenters. The molecule has 0 aliphatic heterocycles. The van der Waals surface area contributed by atoms with Gasteiger partial charge in [-0.2, -0.15) is 13.2 Å². The normalized spacial score (nSPS) is 14.6. The molecule has 0 spiro atoms. The van der Waals surface area contributed by atoms with Crippen molar-refractivity contribution in [1.29, 1.82) is 0 Å². The van der Waals surface area contributed by atoms with Crippen LogP contribution in [0.4, 0.5) is 13.2 Å². The summed E-state index contributed by atoms with van der Waals surface area (Å²) in [6.07, 6.45) is -4.38. The maximum absolute atomic E-state index is 13.3. The van der Waals surface area contributed by atoms with Crippen molar-refractivity contribution in [1.82, 2.24) is 5.32 Å². The molecule has 0 radical (unpaired) electrons. The van der Waals surface area contributed by atoms with Crippen LogP contribution in [0.15, 0.2) is 40.8 Å². The zero-order valence-corrected chi connectivity index (χ0v) is 13.8. The van der Waals surface area contributed by atoms with E-state index in [-0.39, 0.29) is 6.54 Å². The van der Waals surface area contributed by atoms with Crippen LogP contribution >= 0.6 is 0 Å². The molecule has 0 saturated carbocycles. The number of hydrogen-bond acceptors (Lipinski definition) is 3. The Morgan fingerprint density at radius 2 is 1.67 bits per heavy atom. The Bertz CT molecular complexity index is 649. The van der Waals surface area contributed by atoms with E-state index in [9.17, 15) is 18.3 Å². The van der Waals surface area contributed by atoms with Crippen molar-refractivity contribution in [2.24, 2.45) is 0 Å². The fourth-order valence-electron chi connectivity index (χ4n) is 2.46. The quantitative estimate of drug-likeness (QED) is 0.746. The molecule has 0 fully saturated rings. The maximum atomic E-state index is 13.3. The van der Waals surface area contributed by atoms with Gasteiger partial charge in [0, 0.05) is 13.0 Å².